The van der Waals surface area contributed by atoms with E-state index in [-0.39, 0.29) is 17.9 Å². The van der Waals surface area contributed by atoms with E-state index in [1.54, 1.807) is 32.5 Å². The molecule has 0 fully saturated rings. The number of ether oxygens (including phenoxy) is 1. The first kappa shape index (κ1) is 19.2. The average Bonchev–Trinajstić information content (AvgIpc) is 2.67. The van der Waals surface area contributed by atoms with Gasteiger partial charge in [0.1, 0.15) is 11.8 Å². The van der Waals surface area contributed by atoms with Gasteiger partial charge in [-0.1, -0.05) is 12.1 Å². The number of nitrogens with one attached hydrogen (secondary N) is 2. The Bertz CT molecular complexity index is 758. The molecule has 0 bridgehead atoms. The van der Waals surface area contributed by atoms with Crippen molar-refractivity contribution in [3.63, 3.8) is 0 Å². The molecule has 0 aliphatic heterocycles. The van der Waals surface area contributed by atoms with Gasteiger partial charge in [0.05, 0.1) is 13.2 Å². The molecule has 6 nitrogen and oxygen atoms in total. The molecule has 0 aliphatic rings. The maximum atomic E-state index is 12.2. The number of nitrogens with zero attached hydrogens (tertiary/aromatic N) is 1. The lowest BCUT2D eigenvalue weighted by molar-refractivity contribution is -0.127. The Labute approximate surface area is 153 Å². The first-order valence-corrected chi connectivity index (χ1v) is 8.32. The van der Waals surface area contributed by atoms with Gasteiger partial charge in [-0.25, -0.2) is 0 Å². The second-order valence-corrected chi connectivity index (χ2v) is 5.85. The van der Waals surface area contributed by atoms with Gasteiger partial charge in [0.15, 0.2) is 0 Å². The van der Waals surface area contributed by atoms with E-state index < -0.39 is 6.04 Å². The molecule has 0 aliphatic carbocycles. The highest BCUT2D eigenvalue weighted by molar-refractivity contribution is 5.95. The largest absolute Gasteiger partial charge is 0.497 e. The van der Waals surface area contributed by atoms with Gasteiger partial charge in [-0.05, 0) is 55.3 Å². The Morgan fingerprint density at radius 2 is 1.69 bits per heavy atom. The van der Waals surface area contributed by atoms with Crippen LogP contribution in [0.4, 0.5) is 0 Å². The monoisotopic (exact) mass is 353 g/mol. The molecule has 2 unspecified atom stereocenters. The molecule has 2 amide bonds. The molecule has 2 atom stereocenters. The topological polar surface area (TPSA) is 80.3 Å². The Morgan fingerprint density at radius 3 is 2.31 bits per heavy atom. The van der Waals surface area contributed by atoms with Gasteiger partial charge < -0.3 is 15.4 Å². The summed E-state index contributed by atoms with van der Waals surface area (Å²) in [5.74, 6) is 0.167. The number of carbonyl (C=O) groups excluding carboxylic acids is 2. The van der Waals surface area contributed by atoms with Crippen molar-refractivity contribution in [1.82, 2.24) is 15.6 Å². The molecule has 26 heavy (non-hydrogen) atoms. The quantitative estimate of drug-likeness (QED) is 0.750. The van der Waals surface area contributed by atoms with Gasteiger partial charge in [0.25, 0.3) is 0 Å². The zero-order valence-corrected chi connectivity index (χ0v) is 15.1. The van der Waals surface area contributed by atoms with Gasteiger partial charge in [0.2, 0.25) is 11.8 Å². The summed E-state index contributed by atoms with van der Waals surface area (Å²) in [6.07, 6.45) is 6.43. The fraction of sp³-hybridized carbons (Fsp3) is 0.250. The Kier molecular flexibility index (Phi) is 6.91. The molecule has 2 rings (SSSR count). The number of benzene rings is 1. The smallest absolute Gasteiger partial charge is 0.244 e. The van der Waals surface area contributed by atoms with Crippen molar-refractivity contribution in [3.05, 3.63) is 66.0 Å². The van der Waals surface area contributed by atoms with E-state index in [0.717, 1.165) is 16.9 Å². The zero-order valence-electron chi connectivity index (χ0n) is 15.1. The number of carbonyl (C=O) groups is 2. The van der Waals surface area contributed by atoms with Crippen LogP contribution in [0.15, 0.2) is 54.9 Å². The molecular weight excluding hydrogens is 330 g/mol. The van der Waals surface area contributed by atoms with Crippen LogP contribution < -0.4 is 15.4 Å². The highest BCUT2D eigenvalue weighted by Crippen LogP contribution is 2.12. The van der Waals surface area contributed by atoms with E-state index >= 15 is 0 Å². The molecule has 6 heteroatoms. The van der Waals surface area contributed by atoms with E-state index in [4.69, 9.17) is 4.74 Å². The van der Waals surface area contributed by atoms with Crippen LogP contribution in [-0.2, 0) is 9.59 Å². The molecule has 136 valence electrons. The van der Waals surface area contributed by atoms with Gasteiger partial charge in [-0.3, -0.25) is 14.6 Å². The summed E-state index contributed by atoms with van der Waals surface area (Å²) in [6, 6.07) is 10.2. The minimum Gasteiger partial charge on any atom is -0.497 e. The predicted molar refractivity (Wildman–Crippen MR) is 100 cm³/mol. The first-order chi connectivity index (χ1) is 12.5. The lowest BCUT2D eigenvalue weighted by Crippen LogP contribution is -2.45. The molecular formula is C20H23N3O3. The Hall–Kier alpha value is -3.15. The normalized spacial score (nSPS) is 13.0. The van der Waals surface area contributed by atoms with E-state index in [1.165, 1.54) is 6.08 Å². The summed E-state index contributed by atoms with van der Waals surface area (Å²) in [7, 11) is 1.60. The Morgan fingerprint density at radius 1 is 1.04 bits per heavy atom. The number of hydrogen-bond donors (Lipinski definition) is 2. The van der Waals surface area contributed by atoms with Crippen LogP contribution >= 0.6 is 0 Å². The van der Waals surface area contributed by atoms with Crippen LogP contribution in [0.1, 0.15) is 31.0 Å². The molecule has 0 radical (unpaired) electrons. The van der Waals surface area contributed by atoms with Crippen molar-refractivity contribution < 1.29 is 14.3 Å². The number of pyridine rings is 1. The third-order valence-corrected chi connectivity index (χ3v) is 3.86. The summed E-state index contributed by atoms with van der Waals surface area (Å²) < 4.78 is 5.09. The predicted octanol–water partition coefficient (Wildman–Crippen LogP) is 2.49. The third kappa shape index (κ3) is 5.73. The van der Waals surface area contributed by atoms with Crippen LogP contribution in [0, 0.1) is 0 Å². The number of hydrogen-bond acceptors (Lipinski definition) is 4. The first-order valence-electron chi connectivity index (χ1n) is 8.32. The zero-order chi connectivity index (χ0) is 18.9. The molecule has 0 spiro atoms. The fourth-order valence-corrected chi connectivity index (χ4v) is 2.29. The summed E-state index contributed by atoms with van der Waals surface area (Å²) in [6.45, 7) is 3.53. The second kappa shape index (κ2) is 9.36. The summed E-state index contributed by atoms with van der Waals surface area (Å²) in [4.78, 5) is 28.2. The lowest BCUT2D eigenvalue weighted by Gasteiger charge is -2.18. The number of methoxy groups -OCH3 is 1. The molecule has 1 aromatic carbocycles. The van der Waals surface area contributed by atoms with E-state index in [2.05, 4.69) is 15.6 Å². The van der Waals surface area contributed by atoms with Crippen molar-refractivity contribution >= 4 is 17.9 Å². The van der Waals surface area contributed by atoms with Gasteiger partial charge in [0, 0.05) is 18.5 Å². The molecule has 2 aromatic rings. The number of rotatable bonds is 7. The minimum atomic E-state index is -0.646. The third-order valence-electron chi connectivity index (χ3n) is 3.86. The summed E-state index contributed by atoms with van der Waals surface area (Å²) >= 11 is 0. The molecule has 0 saturated carbocycles. The Balaban J connectivity index is 1.85. The van der Waals surface area contributed by atoms with Gasteiger partial charge >= 0.3 is 0 Å². The maximum absolute atomic E-state index is 12.2. The van der Waals surface area contributed by atoms with Gasteiger partial charge in [-0.15, -0.1) is 0 Å². The standard InChI is InChI=1S/C20H23N3O3/c1-14(17-10-12-21-13-11-17)23-20(25)15(2)22-19(24)9-6-16-4-7-18(26-3)8-5-16/h4-15H,1-3H3,(H,22,24)(H,23,25)/b9-6+. The highest BCUT2D eigenvalue weighted by Gasteiger charge is 2.17. The van der Waals surface area contributed by atoms with Gasteiger partial charge in [-0.2, -0.15) is 0 Å². The van der Waals surface area contributed by atoms with Crippen LogP contribution in [0.2, 0.25) is 0 Å². The SMILES string of the molecule is COc1ccc(/C=C/C(=O)NC(C)C(=O)NC(C)c2ccncc2)cc1. The molecule has 0 saturated heterocycles. The van der Waals surface area contributed by atoms with Crippen molar-refractivity contribution in [2.75, 3.05) is 7.11 Å². The van der Waals surface area contributed by atoms with Crippen molar-refractivity contribution in [2.45, 2.75) is 25.9 Å². The highest BCUT2D eigenvalue weighted by atomic mass is 16.5. The van der Waals surface area contributed by atoms with Crippen molar-refractivity contribution in [2.24, 2.45) is 0 Å². The van der Waals surface area contributed by atoms with Crippen LogP contribution in [0.25, 0.3) is 6.08 Å². The fourth-order valence-electron chi connectivity index (χ4n) is 2.29. The number of amides is 2. The molecule has 1 heterocycles. The van der Waals surface area contributed by atoms with Crippen molar-refractivity contribution in [3.8, 4) is 5.75 Å². The van der Waals surface area contributed by atoms with E-state index in [0.29, 0.717) is 0 Å². The van der Waals surface area contributed by atoms with Crippen LogP contribution in [0.5, 0.6) is 5.75 Å². The van der Waals surface area contributed by atoms with E-state index in [9.17, 15) is 9.59 Å². The van der Waals surface area contributed by atoms with Crippen molar-refractivity contribution in [1.29, 1.82) is 0 Å². The van der Waals surface area contributed by atoms with Crippen LogP contribution in [-0.4, -0.2) is 29.9 Å². The summed E-state index contributed by atoms with van der Waals surface area (Å²) in [5, 5.41) is 5.52. The van der Waals surface area contributed by atoms with Crippen LogP contribution in [0.3, 0.4) is 0 Å². The minimum absolute atomic E-state index is 0.167. The lowest BCUT2D eigenvalue weighted by atomic mass is 10.1. The maximum Gasteiger partial charge on any atom is 0.244 e. The average molecular weight is 353 g/mol. The number of aromatic nitrogens is 1. The molecule has 2 N–H and O–H groups in total. The van der Waals surface area contributed by atoms with E-state index in [1.807, 2.05) is 43.3 Å². The second-order valence-electron chi connectivity index (χ2n) is 5.85. The molecule has 1 aromatic heterocycles. The summed E-state index contributed by atoms with van der Waals surface area (Å²) in [5.41, 5.74) is 1.82.